The average Bonchev–Trinajstić information content (AvgIpc) is 3.67. The fourth-order valence-electron chi connectivity index (χ4n) is 6.56. The van der Waals surface area contributed by atoms with Gasteiger partial charge in [0.2, 0.25) is 5.91 Å². The predicted octanol–water partition coefficient (Wildman–Crippen LogP) is 6.85. The molecule has 0 bridgehead atoms. The third-order valence-electron chi connectivity index (χ3n) is 8.80. The van der Waals surface area contributed by atoms with Gasteiger partial charge in [0.15, 0.2) is 0 Å². The van der Waals surface area contributed by atoms with E-state index in [1.807, 2.05) is 36.4 Å². The van der Waals surface area contributed by atoms with Gasteiger partial charge in [-0.15, -0.1) is 0 Å². The number of nitrogens with one attached hydrogen (secondary N) is 2. The first-order valence-electron chi connectivity index (χ1n) is 15.1. The van der Waals surface area contributed by atoms with Crippen LogP contribution in [0.15, 0.2) is 78.9 Å². The lowest BCUT2D eigenvalue weighted by Gasteiger charge is -2.29. The van der Waals surface area contributed by atoms with E-state index in [2.05, 4.69) is 27.4 Å². The maximum Gasteiger partial charge on any atom is 0.328 e. The average molecular weight is 577 g/mol. The standard InChI is InChI=1S/C35H36N4O4/c40-31(41)20-15-24-13-17-27(18-14-24)36-34(43)35(21-7-8-22-35)37-33(42)26-16-19-29-30(23-26)38-39(28-11-5-2-6-12-28)32(29)25-9-3-1-4-10-25/h2,5-6,11-20,23,25H,1,3-4,7-10,21-22H2,(H,36,43)(H,37,42)(H,40,41). The number of anilines is 1. The zero-order chi connectivity index (χ0) is 29.8. The third kappa shape index (κ3) is 6.09. The van der Waals surface area contributed by atoms with Gasteiger partial charge in [-0.3, -0.25) is 9.59 Å². The summed E-state index contributed by atoms with van der Waals surface area (Å²) in [5.74, 6) is -1.14. The molecule has 2 aliphatic carbocycles. The molecule has 0 atom stereocenters. The summed E-state index contributed by atoms with van der Waals surface area (Å²) in [6.07, 6.45) is 11.3. The van der Waals surface area contributed by atoms with Crippen LogP contribution in [0.1, 0.15) is 85.3 Å². The second kappa shape index (κ2) is 12.3. The molecule has 220 valence electrons. The van der Waals surface area contributed by atoms with Crippen LogP contribution >= 0.6 is 0 Å². The number of hydrogen-bond acceptors (Lipinski definition) is 4. The quantitative estimate of drug-likeness (QED) is 0.199. The summed E-state index contributed by atoms with van der Waals surface area (Å²) in [5, 5.41) is 20.9. The highest BCUT2D eigenvalue weighted by molar-refractivity contribution is 6.05. The monoisotopic (exact) mass is 576 g/mol. The zero-order valence-corrected chi connectivity index (χ0v) is 24.1. The Kier molecular flexibility index (Phi) is 8.09. The molecule has 6 rings (SSSR count). The summed E-state index contributed by atoms with van der Waals surface area (Å²) in [6, 6.07) is 22.8. The molecule has 0 unspecified atom stereocenters. The number of benzene rings is 3. The molecule has 0 aliphatic heterocycles. The van der Waals surface area contributed by atoms with Gasteiger partial charge >= 0.3 is 5.97 Å². The van der Waals surface area contributed by atoms with E-state index in [9.17, 15) is 14.4 Å². The lowest BCUT2D eigenvalue weighted by atomic mass is 9.85. The summed E-state index contributed by atoms with van der Waals surface area (Å²) < 4.78 is 2.05. The molecular weight excluding hydrogens is 540 g/mol. The molecule has 0 saturated heterocycles. The Morgan fingerprint density at radius 1 is 0.884 bits per heavy atom. The number of carbonyl (C=O) groups is 3. The number of rotatable bonds is 8. The van der Waals surface area contributed by atoms with Crippen LogP contribution in [0, 0.1) is 0 Å². The molecule has 1 aromatic heterocycles. The fraction of sp³-hybridized carbons (Fsp3) is 0.314. The molecule has 8 nitrogen and oxygen atoms in total. The number of aliphatic carboxylic acids is 1. The highest BCUT2D eigenvalue weighted by atomic mass is 16.4. The normalized spacial score (nSPS) is 16.8. The number of para-hydroxylation sites is 1. The summed E-state index contributed by atoms with van der Waals surface area (Å²) in [7, 11) is 0. The van der Waals surface area contributed by atoms with Gasteiger partial charge in [0.1, 0.15) is 5.54 Å². The Morgan fingerprint density at radius 3 is 2.30 bits per heavy atom. The minimum atomic E-state index is -1.02. The first-order valence-corrected chi connectivity index (χ1v) is 15.1. The molecule has 43 heavy (non-hydrogen) atoms. The van der Waals surface area contributed by atoms with Crippen molar-refractivity contribution in [2.24, 2.45) is 0 Å². The Hall–Kier alpha value is -4.72. The van der Waals surface area contributed by atoms with E-state index in [-0.39, 0.29) is 11.8 Å². The Bertz CT molecular complexity index is 1660. The van der Waals surface area contributed by atoms with E-state index in [0.717, 1.165) is 48.3 Å². The van der Waals surface area contributed by atoms with Gasteiger partial charge in [0.25, 0.3) is 5.91 Å². The molecule has 3 N–H and O–H groups in total. The van der Waals surface area contributed by atoms with Crippen LogP contribution < -0.4 is 10.6 Å². The third-order valence-corrected chi connectivity index (χ3v) is 8.80. The number of aromatic nitrogens is 2. The summed E-state index contributed by atoms with van der Waals surface area (Å²) in [4.78, 5) is 38.0. The molecule has 4 aromatic rings. The van der Waals surface area contributed by atoms with E-state index in [4.69, 9.17) is 10.2 Å². The number of carbonyl (C=O) groups excluding carboxylic acids is 2. The van der Waals surface area contributed by atoms with Crippen molar-refractivity contribution in [3.05, 3.63) is 95.7 Å². The van der Waals surface area contributed by atoms with E-state index in [1.165, 1.54) is 31.0 Å². The smallest absolute Gasteiger partial charge is 0.328 e. The molecule has 2 amide bonds. The molecule has 8 heteroatoms. The predicted molar refractivity (Wildman–Crippen MR) is 167 cm³/mol. The molecular formula is C35H36N4O4. The van der Waals surface area contributed by atoms with Crippen molar-refractivity contribution in [2.75, 3.05) is 5.32 Å². The van der Waals surface area contributed by atoms with Gasteiger partial charge in [-0.05, 0) is 73.7 Å². The number of fused-ring (bicyclic) bond motifs is 1. The van der Waals surface area contributed by atoms with Crippen molar-refractivity contribution in [3.8, 4) is 5.69 Å². The topological polar surface area (TPSA) is 113 Å². The van der Waals surface area contributed by atoms with E-state index >= 15 is 0 Å². The van der Waals surface area contributed by atoms with Gasteiger partial charge in [-0.2, -0.15) is 5.10 Å². The van der Waals surface area contributed by atoms with E-state index in [1.54, 1.807) is 24.3 Å². The first kappa shape index (κ1) is 28.4. The summed E-state index contributed by atoms with van der Waals surface area (Å²) in [6.45, 7) is 0. The number of amides is 2. The lowest BCUT2D eigenvalue weighted by Crippen LogP contribution is -2.55. The SMILES string of the molecule is O=C(O)C=Cc1ccc(NC(=O)C2(NC(=O)c3ccc4c(C5CCCCC5)n(-c5ccccc5)nc4c3)CCCC2)cc1. The van der Waals surface area contributed by atoms with Crippen LogP contribution in [-0.2, 0) is 9.59 Å². The minimum absolute atomic E-state index is 0.249. The molecule has 2 saturated carbocycles. The van der Waals surface area contributed by atoms with Crippen LogP contribution in [0.4, 0.5) is 5.69 Å². The summed E-state index contributed by atoms with van der Waals surface area (Å²) >= 11 is 0. The van der Waals surface area contributed by atoms with Crippen LogP contribution in [-0.4, -0.2) is 38.2 Å². The molecule has 2 aliphatic rings. The maximum atomic E-state index is 13.7. The van der Waals surface area contributed by atoms with Crippen LogP contribution in [0.25, 0.3) is 22.7 Å². The number of carboxylic acids is 1. The van der Waals surface area contributed by atoms with Crippen molar-refractivity contribution in [2.45, 2.75) is 69.2 Å². The van der Waals surface area contributed by atoms with Gasteiger partial charge in [-0.25, -0.2) is 9.48 Å². The molecule has 0 radical (unpaired) electrons. The molecule has 3 aromatic carbocycles. The van der Waals surface area contributed by atoms with Crippen LogP contribution in [0.5, 0.6) is 0 Å². The molecule has 0 spiro atoms. The van der Waals surface area contributed by atoms with Crippen molar-refractivity contribution in [3.63, 3.8) is 0 Å². The second-order valence-electron chi connectivity index (χ2n) is 11.7. The van der Waals surface area contributed by atoms with Gasteiger partial charge in [0.05, 0.1) is 16.9 Å². The van der Waals surface area contributed by atoms with Crippen molar-refractivity contribution < 1.29 is 19.5 Å². The maximum absolute atomic E-state index is 13.7. The Morgan fingerprint density at radius 2 is 1.60 bits per heavy atom. The van der Waals surface area contributed by atoms with Crippen LogP contribution in [0.2, 0.25) is 0 Å². The van der Waals surface area contributed by atoms with E-state index < -0.39 is 11.5 Å². The second-order valence-corrected chi connectivity index (χ2v) is 11.7. The largest absolute Gasteiger partial charge is 0.478 e. The number of carboxylic acid groups (broad SMARTS) is 1. The summed E-state index contributed by atoms with van der Waals surface area (Å²) in [5.41, 5.74) is 3.77. The van der Waals surface area contributed by atoms with Gasteiger partial charge < -0.3 is 15.7 Å². The van der Waals surface area contributed by atoms with E-state index in [0.29, 0.717) is 35.6 Å². The van der Waals surface area contributed by atoms with Crippen molar-refractivity contribution in [1.29, 1.82) is 0 Å². The van der Waals surface area contributed by atoms with Crippen molar-refractivity contribution >= 4 is 40.4 Å². The number of nitrogens with zero attached hydrogens (tertiary/aromatic N) is 2. The minimum Gasteiger partial charge on any atom is -0.478 e. The molecule has 1 heterocycles. The highest BCUT2D eigenvalue weighted by Gasteiger charge is 2.42. The Labute approximate surface area is 250 Å². The molecule has 2 fully saturated rings. The number of hydrogen-bond donors (Lipinski definition) is 3. The zero-order valence-electron chi connectivity index (χ0n) is 24.1. The Balaban J connectivity index is 1.24. The van der Waals surface area contributed by atoms with Crippen molar-refractivity contribution in [1.82, 2.24) is 15.1 Å². The van der Waals surface area contributed by atoms with Gasteiger partial charge in [0, 0.05) is 28.6 Å². The van der Waals surface area contributed by atoms with Crippen LogP contribution in [0.3, 0.4) is 0 Å². The lowest BCUT2D eigenvalue weighted by molar-refractivity contribution is -0.131. The first-order chi connectivity index (χ1) is 20.9. The fourth-order valence-corrected chi connectivity index (χ4v) is 6.56. The highest BCUT2D eigenvalue weighted by Crippen LogP contribution is 2.38. The van der Waals surface area contributed by atoms with Gasteiger partial charge in [-0.1, -0.05) is 68.5 Å².